The number of hydrogen-bond donors (Lipinski definition) is 0. The molecule has 3 rings (SSSR count). The van der Waals surface area contributed by atoms with Gasteiger partial charge in [-0.3, -0.25) is 4.79 Å². The zero-order chi connectivity index (χ0) is 27.4. The minimum Gasteiger partial charge on any atom is -0.332 e. The van der Waals surface area contributed by atoms with Gasteiger partial charge in [0.1, 0.15) is 5.82 Å². The van der Waals surface area contributed by atoms with Crippen molar-refractivity contribution >= 4 is 27.3 Å². The molecule has 1 amide bonds. The highest BCUT2D eigenvalue weighted by Gasteiger charge is 2.28. The van der Waals surface area contributed by atoms with Crippen LogP contribution in [0.1, 0.15) is 74.3 Å². The van der Waals surface area contributed by atoms with Gasteiger partial charge in [0, 0.05) is 24.5 Å². The minimum atomic E-state index is -3.57. The molecule has 0 saturated carbocycles. The molecule has 1 aliphatic heterocycles. The molecule has 1 aromatic heterocycles. The molecule has 212 valence electrons. The standard InChI is InChI=1S/C29H44FN3O3S2/c1-3-4-5-6-7-10-21-38(35,36)33(19-18-31-16-8-9-17-31)24-29(34)32(23-28-25(2)15-20-37-28)22-26-11-13-27(30)14-12-26/h11-15,20H,3-10,16-19,21-24H2,1-2H3. The van der Waals surface area contributed by atoms with E-state index in [9.17, 15) is 17.6 Å². The number of unbranched alkanes of at least 4 members (excludes halogenated alkanes) is 5. The zero-order valence-corrected chi connectivity index (χ0v) is 24.7. The first-order valence-electron chi connectivity index (χ1n) is 14.0. The molecule has 0 bridgehead atoms. The fourth-order valence-electron chi connectivity index (χ4n) is 4.80. The van der Waals surface area contributed by atoms with Gasteiger partial charge in [-0.2, -0.15) is 4.31 Å². The van der Waals surface area contributed by atoms with Crippen LogP contribution in [0, 0.1) is 12.7 Å². The molecule has 2 aromatic rings. The topological polar surface area (TPSA) is 60.9 Å². The Labute approximate surface area is 232 Å². The molecule has 1 aliphatic rings. The lowest BCUT2D eigenvalue weighted by molar-refractivity contribution is -0.132. The minimum absolute atomic E-state index is 0.0778. The predicted molar refractivity (Wildman–Crippen MR) is 154 cm³/mol. The lowest BCUT2D eigenvalue weighted by Crippen LogP contribution is -2.45. The van der Waals surface area contributed by atoms with Crippen molar-refractivity contribution in [2.45, 2.75) is 78.3 Å². The third kappa shape index (κ3) is 10.1. The SMILES string of the molecule is CCCCCCCCS(=O)(=O)N(CCN1CCCC1)CC(=O)N(Cc1ccc(F)cc1)Cc1sccc1C. The van der Waals surface area contributed by atoms with Gasteiger partial charge in [0.25, 0.3) is 0 Å². The van der Waals surface area contributed by atoms with Crippen molar-refractivity contribution in [3.05, 3.63) is 57.5 Å². The van der Waals surface area contributed by atoms with Crippen molar-refractivity contribution in [3.63, 3.8) is 0 Å². The Kier molecular flexibility index (Phi) is 12.7. The third-order valence-electron chi connectivity index (χ3n) is 7.27. The van der Waals surface area contributed by atoms with Crippen LogP contribution < -0.4 is 0 Å². The number of rotatable bonds is 17. The number of aryl methyl sites for hydroxylation is 1. The molecule has 0 N–H and O–H groups in total. The predicted octanol–water partition coefficient (Wildman–Crippen LogP) is 5.81. The Morgan fingerprint density at radius 1 is 1.00 bits per heavy atom. The number of benzene rings is 1. The number of halogens is 1. The fourth-order valence-corrected chi connectivity index (χ4v) is 7.22. The molecule has 6 nitrogen and oxygen atoms in total. The van der Waals surface area contributed by atoms with Crippen LogP contribution in [0.25, 0.3) is 0 Å². The van der Waals surface area contributed by atoms with E-state index in [1.54, 1.807) is 28.4 Å². The summed E-state index contributed by atoms with van der Waals surface area (Å²) in [6.07, 6.45) is 8.29. The van der Waals surface area contributed by atoms with E-state index in [0.717, 1.165) is 67.6 Å². The number of nitrogens with zero attached hydrogens (tertiary/aromatic N) is 3. The molecule has 0 unspecified atom stereocenters. The molecule has 0 radical (unpaired) electrons. The van der Waals surface area contributed by atoms with E-state index in [4.69, 9.17) is 0 Å². The summed E-state index contributed by atoms with van der Waals surface area (Å²) >= 11 is 1.59. The summed E-state index contributed by atoms with van der Waals surface area (Å²) in [6.45, 7) is 7.64. The molecule has 0 aliphatic carbocycles. The monoisotopic (exact) mass is 565 g/mol. The molecule has 2 heterocycles. The average Bonchev–Trinajstić information content (AvgIpc) is 3.56. The smallest absolute Gasteiger partial charge is 0.238 e. The fraction of sp³-hybridized carbons (Fsp3) is 0.621. The lowest BCUT2D eigenvalue weighted by Gasteiger charge is -2.28. The number of hydrogen-bond acceptors (Lipinski definition) is 5. The zero-order valence-electron chi connectivity index (χ0n) is 23.0. The summed E-state index contributed by atoms with van der Waals surface area (Å²) < 4.78 is 41.8. The molecule has 1 aromatic carbocycles. The molecular formula is C29H44FN3O3S2. The molecule has 1 fully saturated rings. The summed E-state index contributed by atoms with van der Waals surface area (Å²) in [5, 5.41) is 2.00. The molecule has 38 heavy (non-hydrogen) atoms. The maximum Gasteiger partial charge on any atom is 0.238 e. The Morgan fingerprint density at radius 3 is 2.34 bits per heavy atom. The molecular weight excluding hydrogens is 521 g/mol. The van der Waals surface area contributed by atoms with Crippen LogP contribution in [0.5, 0.6) is 0 Å². The maximum atomic E-state index is 13.7. The van der Waals surface area contributed by atoms with E-state index >= 15 is 0 Å². The van der Waals surface area contributed by atoms with Gasteiger partial charge >= 0.3 is 0 Å². The van der Waals surface area contributed by atoms with Crippen LogP contribution in [0.2, 0.25) is 0 Å². The largest absolute Gasteiger partial charge is 0.332 e. The number of carbonyl (C=O) groups is 1. The number of likely N-dealkylation sites (tertiary alicyclic amines) is 1. The van der Waals surface area contributed by atoms with E-state index in [0.29, 0.717) is 32.6 Å². The van der Waals surface area contributed by atoms with E-state index in [1.165, 1.54) is 22.9 Å². The van der Waals surface area contributed by atoms with Crippen molar-refractivity contribution in [1.82, 2.24) is 14.1 Å². The van der Waals surface area contributed by atoms with E-state index in [2.05, 4.69) is 11.8 Å². The van der Waals surface area contributed by atoms with Crippen LogP contribution >= 0.6 is 11.3 Å². The second kappa shape index (κ2) is 15.7. The van der Waals surface area contributed by atoms with E-state index < -0.39 is 10.0 Å². The summed E-state index contributed by atoms with van der Waals surface area (Å²) in [7, 11) is -3.57. The van der Waals surface area contributed by atoms with Crippen LogP contribution in [0.4, 0.5) is 4.39 Å². The van der Waals surface area contributed by atoms with Gasteiger partial charge in [0.15, 0.2) is 0 Å². The first-order chi connectivity index (χ1) is 18.3. The highest BCUT2D eigenvalue weighted by atomic mass is 32.2. The summed E-state index contributed by atoms with van der Waals surface area (Å²) in [5.41, 5.74) is 1.92. The van der Waals surface area contributed by atoms with Gasteiger partial charge in [0.05, 0.1) is 18.8 Å². The normalized spacial score (nSPS) is 14.4. The first kappa shape index (κ1) is 30.7. The molecule has 9 heteroatoms. The second-order valence-corrected chi connectivity index (χ2v) is 13.5. The lowest BCUT2D eigenvalue weighted by atomic mass is 10.1. The van der Waals surface area contributed by atoms with Crippen LogP contribution in [0.3, 0.4) is 0 Å². The maximum absolute atomic E-state index is 13.7. The number of sulfonamides is 1. The van der Waals surface area contributed by atoms with Crippen molar-refractivity contribution in [1.29, 1.82) is 0 Å². The van der Waals surface area contributed by atoms with E-state index in [-0.39, 0.29) is 24.0 Å². The van der Waals surface area contributed by atoms with Crippen molar-refractivity contribution < 1.29 is 17.6 Å². The van der Waals surface area contributed by atoms with Gasteiger partial charge < -0.3 is 9.80 Å². The Hall–Kier alpha value is -1.81. The molecule has 0 spiro atoms. The van der Waals surface area contributed by atoms with Gasteiger partial charge in [-0.25, -0.2) is 12.8 Å². The first-order valence-corrected chi connectivity index (χ1v) is 16.5. The second-order valence-electron chi connectivity index (χ2n) is 10.4. The van der Waals surface area contributed by atoms with Gasteiger partial charge in [0.2, 0.25) is 15.9 Å². The summed E-state index contributed by atoms with van der Waals surface area (Å²) in [5.74, 6) is -0.473. The summed E-state index contributed by atoms with van der Waals surface area (Å²) in [4.78, 5) is 18.7. The Bertz CT molecular complexity index is 1080. The van der Waals surface area contributed by atoms with Gasteiger partial charge in [-0.15, -0.1) is 11.3 Å². The van der Waals surface area contributed by atoms with Gasteiger partial charge in [-0.1, -0.05) is 51.2 Å². The van der Waals surface area contributed by atoms with E-state index in [1.807, 2.05) is 18.4 Å². The van der Waals surface area contributed by atoms with Crippen molar-refractivity contribution in [2.75, 3.05) is 38.5 Å². The molecule has 1 saturated heterocycles. The quantitative estimate of drug-likeness (QED) is 0.227. The highest BCUT2D eigenvalue weighted by Crippen LogP contribution is 2.20. The Morgan fingerprint density at radius 2 is 1.68 bits per heavy atom. The van der Waals surface area contributed by atoms with Crippen molar-refractivity contribution in [3.8, 4) is 0 Å². The van der Waals surface area contributed by atoms with Crippen LogP contribution in [-0.4, -0.2) is 66.9 Å². The third-order valence-corrected chi connectivity index (χ3v) is 10.2. The van der Waals surface area contributed by atoms with Crippen LogP contribution in [0.15, 0.2) is 35.7 Å². The summed E-state index contributed by atoms with van der Waals surface area (Å²) in [6, 6.07) is 8.16. The van der Waals surface area contributed by atoms with Gasteiger partial charge in [-0.05, 0) is 74.0 Å². The highest BCUT2D eigenvalue weighted by molar-refractivity contribution is 7.89. The number of thiophene rings is 1. The number of amides is 1. The van der Waals surface area contributed by atoms with Crippen molar-refractivity contribution in [2.24, 2.45) is 0 Å². The number of carbonyl (C=O) groups excluding carboxylic acids is 1. The molecule has 0 atom stereocenters. The Balaban J connectivity index is 1.72. The average molecular weight is 566 g/mol. The van der Waals surface area contributed by atoms with Crippen LogP contribution in [-0.2, 0) is 27.9 Å².